The van der Waals surface area contributed by atoms with Gasteiger partial charge in [-0.15, -0.1) is 0 Å². The van der Waals surface area contributed by atoms with Crippen LogP contribution in [0.3, 0.4) is 0 Å². The van der Waals surface area contributed by atoms with Crippen LogP contribution >= 0.6 is 0 Å². The van der Waals surface area contributed by atoms with Gasteiger partial charge in [-0.05, 0) is 30.2 Å². The minimum absolute atomic E-state index is 0.0447. The lowest BCUT2D eigenvalue weighted by Crippen LogP contribution is -2.54. The molecule has 1 aliphatic rings. The molecule has 2 unspecified atom stereocenters. The van der Waals surface area contributed by atoms with Crippen LogP contribution in [0.1, 0.15) is 31.9 Å². The van der Waals surface area contributed by atoms with Crippen LogP contribution in [0, 0.1) is 0 Å². The zero-order valence-electron chi connectivity index (χ0n) is 10.7. The lowest BCUT2D eigenvalue weighted by Gasteiger charge is -2.43. The molecule has 0 bridgehead atoms. The standard InChI is InChI=1S/C14H21NO2/c1-4-17-12-7-9-5-6-10(16)8-11(9)14(2,3)13(12)15/h5-6,8,12-13,16H,4,7,15H2,1-3H3. The minimum atomic E-state index is -0.174. The predicted octanol–water partition coefficient (Wildman–Crippen LogP) is 1.96. The van der Waals surface area contributed by atoms with Crippen LogP contribution in [0.5, 0.6) is 5.75 Å². The maximum absolute atomic E-state index is 9.60. The molecule has 1 aromatic carbocycles. The summed E-state index contributed by atoms with van der Waals surface area (Å²) in [7, 11) is 0. The number of rotatable bonds is 2. The van der Waals surface area contributed by atoms with Crippen molar-refractivity contribution >= 4 is 0 Å². The molecule has 0 aromatic heterocycles. The molecule has 0 saturated carbocycles. The van der Waals surface area contributed by atoms with Crippen LogP contribution in [0.25, 0.3) is 0 Å². The van der Waals surface area contributed by atoms with Crippen LogP contribution in [0.15, 0.2) is 18.2 Å². The molecular formula is C14H21NO2. The van der Waals surface area contributed by atoms with Crippen molar-refractivity contribution in [1.82, 2.24) is 0 Å². The van der Waals surface area contributed by atoms with Crippen molar-refractivity contribution in [3.8, 4) is 5.75 Å². The molecule has 0 heterocycles. The average Bonchev–Trinajstić information content (AvgIpc) is 2.28. The van der Waals surface area contributed by atoms with E-state index in [4.69, 9.17) is 10.5 Å². The van der Waals surface area contributed by atoms with Gasteiger partial charge in [-0.2, -0.15) is 0 Å². The number of phenolic OH excluding ortho intramolecular Hbond substituents is 1. The van der Waals surface area contributed by atoms with E-state index in [1.807, 2.05) is 19.1 Å². The first-order valence-corrected chi connectivity index (χ1v) is 6.16. The number of hydrogen-bond acceptors (Lipinski definition) is 3. The molecule has 0 radical (unpaired) electrons. The lowest BCUT2D eigenvalue weighted by molar-refractivity contribution is 0.0201. The van der Waals surface area contributed by atoms with Crippen LogP contribution in [0.4, 0.5) is 0 Å². The zero-order valence-corrected chi connectivity index (χ0v) is 10.7. The monoisotopic (exact) mass is 235 g/mol. The van der Waals surface area contributed by atoms with Crippen molar-refractivity contribution in [2.75, 3.05) is 6.61 Å². The van der Waals surface area contributed by atoms with E-state index in [-0.39, 0.29) is 17.6 Å². The van der Waals surface area contributed by atoms with E-state index in [0.29, 0.717) is 12.4 Å². The van der Waals surface area contributed by atoms with Crippen molar-refractivity contribution in [2.45, 2.75) is 44.8 Å². The molecule has 3 nitrogen and oxygen atoms in total. The molecule has 0 amide bonds. The molecule has 3 heteroatoms. The highest BCUT2D eigenvalue weighted by molar-refractivity contribution is 5.43. The van der Waals surface area contributed by atoms with Gasteiger partial charge in [-0.1, -0.05) is 19.9 Å². The van der Waals surface area contributed by atoms with E-state index in [1.54, 1.807) is 6.07 Å². The first-order valence-electron chi connectivity index (χ1n) is 6.16. The van der Waals surface area contributed by atoms with Crippen LogP contribution in [-0.2, 0) is 16.6 Å². The van der Waals surface area contributed by atoms with Crippen LogP contribution in [-0.4, -0.2) is 23.9 Å². The van der Waals surface area contributed by atoms with Crippen molar-refractivity contribution in [3.05, 3.63) is 29.3 Å². The number of phenols is 1. The Kier molecular flexibility index (Phi) is 3.15. The maximum atomic E-state index is 9.60. The Bertz CT molecular complexity index is 415. The summed E-state index contributed by atoms with van der Waals surface area (Å²) in [5.41, 5.74) is 8.50. The SMILES string of the molecule is CCOC1Cc2ccc(O)cc2C(C)(C)C1N. The molecule has 17 heavy (non-hydrogen) atoms. The Morgan fingerprint density at radius 2 is 2.18 bits per heavy atom. The highest BCUT2D eigenvalue weighted by atomic mass is 16.5. The Hall–Kier alpha value is -1.06. The van der Waals surface area contributed by atoms with Crippen molar-refractivity contribution in [2.24, 2.45) is 5.73 Å². The Morgan fingerprint density at radius 1 is 1.47 bits per heavy atom. The van der Waals surface area contributed by atoms with Crippen molar-refractivity contribution in [3.63, 3.8) is 0 Å². The first kappa shape index (κ1) is 12.4. The van der Waals surface area contributed by atoms with E-state index in [1.165, 1.54) is 5.56 Å². The number of nitrogens with two attached hydrogens (primary N) is 1. The second-order valence-corrected chi connectivity index (χ2v) is 5.29. The Morgan fingerprint density at radius 3 is 2.82 bits per heavy atom. The molecule has 2 rings (SSSR count). The van der Waals surface area contributed by atoms with Crippen LogP contribution < -0.4 is 5.73 Å². The third-order valence-corrected chi connectivity index (χ3v) is 3.82. The molecule has 0 spiro atoms. The smallest absolute Gasteiger partial charge is 0.115 e. The molecule has 3 N–H and O–H groups in total. The van der Waals surface area contributed by atoms with Gasteiger partial charge in [0.15, 0.2) is 0 Å². The summed E-state index contributed by atoms with van der Waals surface area (Å²) >= 11 is 0. The number of hydrogen-bond donors (Lipinski definition) is 2. The molecule has 1 aromatic rings. The van der Waals surface area contributed by atoms with Crippen molar-refractivity contribution in [1.29, 1.82) is 0 Å². The van der Waals surface area contributed by atoms with E-state index >= 15 is 0 Å². The van der Waals surface area contributed by atoms with Gasteiger partial charge in [0.2, 0.25) is 0 Å². The van der Waals surface area contributed by atoms with Gasteiger partial charge >= 0.3 is 0 Å². The van der Waals surface area contributed by atoms with E-state index < -0.39 is 0 Å². The molecule has 2 atom stereocenters. The van der Waals surface area contributed by atoms with Gasteiger partial charge < -0.3 is 15.6 Å². The average molecular weight is 235 g/mol. The summed E-state index contributed by atoms with van der Waals surface area (Å²) in [4.78, 5) is 0. The van der Waals surface area contributed by atoms with Gasteiger partial charge in [-0.3, -0.25) is 0 Å². The Balaban J connectivity index is 2.44. The van der Waals surface area contributed by atoms with Crippen LogP contribution in [0.2, 0.25) is 0 Å². The summed E-state index contributed by atoms with van der Waals surface area (Å²) in [6.07, 6.45) is 0.890. The summed E-state index contributed by atoms with van der Waals surface area (Å²) < 4.78 is 5.73. The molecule has 0 fully saturated rings. The molecule has 94 valence electrons. The normalized spacial score (nSPS) is 26.6. The summed E-state index contributed by atoms with van der Waals surface area (Å²) in [6.45, 7) is 6.90. The summed E-state index contributed by atoms with van der Waals surface area (Å²) in [5, 5.41) is 9.60. The summed E-state index contributed by atoms with van der Waals surface area (Å²) in [5.74, 6) is 0.305. The highest BCUT2D eigenvalue weighted by Crippen LogP contribution is 2.38. The number of fused-ring (bicyclic) bond motifs is 1. The number of ether oxygens (including phenoxy) is 1. The third-order valence-electron chi connectivity index (χ3n) is 3.82. The van der Waals surface area contributed by atoms with Gasteiger partial charge in [0.1, 0.15) is 5.75 Å². The maximum Gasteiger partial charge on any atom is 0.115 e. The van der Waals surface area contributed by atoms with Gasteiger partial charge in [-0.25, -0.2) is 0 Å². The van der Waals surface area contributed by atoms with E-state index in [2.05, 4.69) is 13.8 Å². The molecular weight excluding hydrogens is 214 g/mol. The predicted molar refractivity (Wildman–Crippen MR) is 68.2 cm³/mol. The Labute approximate surface area is 103 Å². The highest BCUT2D eigenvalue weighted by Gasteiger charge is 2.40. The third kappa shape index (κ3) is 2.05. The van der Waals surface area contributed by atoms with Gasteiger partial charge in [0.25, 0.3) is 0 Å². The van der Waals surface area contributed by atoms with Gasteiger partial charge in [0.05, 0.1) is 6.10 Å². The van der Waals surface area contributed by atoms with E-state index in [0.717, 1.165) is 12.0 Å². The number of aromatic hydroxyl groups is 1. The number of benzene rings is 1. The first-order chi connectivity index (χ1) is 7.96. The van der Waals surface area contributed by atoms with Crippen molar-refractivity contribution < 1.29 is 9.84 Å². The molecule has 0 saturated heterocycles. The summed E-state index contributed by atoms with van der Waals surface area (Å²) in [6, 6.07) is 5.49. The molecule has 0 aliphatic heterocycles. The quantitative estimate of drug-likeness (QED) is 0.824. The van der Waals surface area contributed by atoms with Gasteiger partial charge in [0, 0.05) is 24.5 Å². The second-order valence-electron chi connectivity index (χ2n) is 5.29. The fourth-order valence-corrected chi connectivity index (χ4v) is 2.71. The zero-order chi connectivity index (χ0) is 12.6. The topological polar surface area (TPSA) is 55.5 Å². The fourth-order valence-electron chi connectivity index (χ4n) is 2.71. The largest absolute Gasteiger partial charge is 0.508 e. The minimum Gasteiger partial charge on any atom is -0.508 e. The lowest BCUT2D eigenvalue weighted by atomic mass is 9.68. The second kappa shape index (κ2) is 4.31. The molecule has 1 aliphatic carbocycles. The fraction of sp³-hybridized carbons (Fsp3) is 0.571. The van der Waals surface area contributed by atoms with E-state index in [9.17, 15) is 5.11 Å².